The summed E-state index contributed by atoms with van der Waals surface area (Å²) in [6.45, 7) is 4.68. The fraction of sp³-hybridized carbons (Fsp3) is 0.200. The average Bonchev–Trinajstić information content (AvgIpc) is 2.76. The van der Waals surface area contributed by atoms with Gasteiger partial charge in [-0.2, -0.15) is 5.26 Å². The molecule has 0 bridgehead atoms. The fourth-order valence-electron chi connectivity index (χ4n) is 3.08. The van der Waals surface area contributed by atoms with E-state index in [2.05, 4.69) is 12.2 Å². The number of ether oxygens (including phenoxy) is 1. The largest absolute Gasteiger partial charge is 0.493 e. The third-order valence-corrected chi connectivity index (χ3v) is 4.67. The molecule has 0 aliphatic rings. The molecule has 0 fully saturated rings. The van der Waals surface area contributed by atoms with Crippen molar-refractivity contribution in [2.75, 3.05) is 11.9 Å². The summed E-state index contributed by atoms with van der Waals surface area (Å²) in [5, 5.41) is 14.4. The number of carbonyl (C=O) groups excluding carboxylic acids is 1. The number of hydrogen-bond donors (Lipinski definition) is 1. The minimum Gasteiger partial charge on any atom is -0.493 e. The van der Waals surface area contributed by atoms with E-state index in [1.54, 1.807) is 6.08 Å². The van der Waals surface area contributed by atoms with E-state index in [0.29, 0.717) is 18.0 Å². The van der Waals surface area contributed by atoms with Gasteiger partial charge >= 0.3 is 0 Å². The lowest BCUT2D eigenvalue weighted by molar-refractivity contribution is -0.112. The number of anilines is 1. The van der Waals surface area contributed by atoms with Gasteiger partial charge in [0.1, 0.15) is 17.4 Å². The molecule has 0 aliphatic carbocycles. The minimum absolute atomic E-state index is 0.0299. The number of nitrogens with one attached hydrogen (secondary N) is 1. The smallest absolute Gasteiger partial charge is 0.266 e. The van der Waals surface area contributed by atoms with Crippen molar-refractivity contribution in [3.63, 3.8) is 0 Å². The quantitative estimate of drug-likeness (QED) is 0.417. The number of amides is 1. The second-order valence-corrected chi connectivity index (χ2v) is 6.72. The van der Waals surface area contributed by atoms with Gasteiger partial charge in [-0.15, -0.1) is 0 Å². The Morgan fingerprint density at radius 3 is 2.52 bits per heavy atom. The van der Waals surface area contributed by atoms with Crippen LogP contribution in [-0.2, 0) is 11.2 Å². The summed E-state index contributed by atoms with van der Waals surface area (Å²) >= 11 is 0. The summed E-state index contributed by atoms with van der Waals surface area (Å²) in [7, 11) is 0. The van der Waals surface area contributed by atoms with E-state index in [1.165, 1.54) is 5.56 Å². The van der Waals surface area contributed by atoms with E-state index < -0.39 is 5.91 Å². The molecule has 0 radical (unpaired) electrons. The predicted molar refractivity (Wildman–Crippen MR) is 118 cm³/mol. The highest BCUT2D eigenvalue weighted by atomic mass is 16.5. The maximum absolute atomic E-state index is 12.7. The zero-order valence-electron chi connectivity index (χ0n) is 16.7. The van der Waals surface area contributed by atoms with E-state index in [0.717, 1.165) is 29.2 Å². The first kappa shape index (κ1) is 20.2. The number of nitrogens with zero attached hydrogens (tertiary/aromatic N) is 1. The van der Waals surface area contributed by atoms with Gasteiger partial charge in [0.25, 0.3) is 5.91 Å². The van der Waals surface area contributed by atoms with Crippen LogP contribution in [0.4, 0.5) is 5.69 Å². The zero-order chi connectivity index (χ0) is 20.6. The number of benzene rings is 3. The maximum atomic E-state index is 12.7. The lowest BCUT2D eigenvalue weighted by atomic mass is 10.0. The van der Waals surface area contributed by atoms with Crippen molar-refractivity contribution in [1.29, 1.82) is 5.26 Å². The highest BCUT2D eigenvalue weighted by molar-refractivity contribution is 6.11. The van der Waals surface area contributed by atoms with Crippen molar-refractivity contribution in [2.45, 2.75) is 26.7 Å². The SMILES string of the molecule is CCCOc1ccc2ccccc2c1/C=C(\C#N)C(=O)Nc1ccc(CC)cc1. The van der Waals surface area contributed by atoms with Crippen LogP contribution in [0, 0.1) is 11.3 Å². The third-order valence-electron chi connectivity index (χ3n) is 4.67. The van der Waals surface area contributed by atoms with Crippen molar-refractivity contribution >= 4 is 28.4 Å². The molecule has 4 nitrogen and oxygen atoms in total. The first-order chi connectivity index (χ1) is 14.2. The van der Waals surface area contributed by atoms with Crippen LogP contribution >= 0.6 is 0 Å². The van der Waals surface area contributed by atoms with Crippen LogP contribution in [0.1, 0.15) is 31.4 Å². The van der Waals surface area contributed by atoms with Crippen molar-refractivity contribution in [3.8, 4) is 11.8 Å². The normalized spacial score (nSPS) is 11.1. The molecule has 3 aromatic carbocycles. The molecule has 146 valence electrons. The molecule has 0 aliphatic heterocycles. The van der Waals surface area contributed by atoms with Crippen LogP contribution in [0.15, 0.2) is 66.2 Å². The van der Waals surface area contributed by atoms with Gasteiger partial charge in [-0.1, -0.05) is 56.3 Å². The van der Waals surface area contributed by atoms with Crippen molar-refractivity contribution in [2.24, 2.45) is 0 Å². The second kappa shape index (κ2) is 9.57. The van der Waals surface area contributed by atoms with Gasteiger partial charge < -0.3 is 10.1 Å². The molecular weight excluding hydrogens is 360 g/mol. The fourth-order valence-corrected chi connectivity index (χ4v) is 3.08. The van der Waals surface area contributed by atoms with Gasteiger partial charge in [-0.25, -0.2) is 0 Å². The molecule has 4 heteroatoms. The van der Waals surface area contributed by atoms with E-state index in [4.69, 9.17) is 4.74 Å². The molecular formula is C25H24N2O2. The Hall–Kier alpha value is -3.58. The van der Waals surface area contributed by atoms with Crippen molar-refractivity contribution in [3.05, 3.63) is 77.4 Å². The highest BCUT2D eigenvalue weighted by Gasteiger charge is 2.13. The number of nitriles is 1. The third kappa shape index (κ3) is 4.83. The van der Waals surface area contributed by atoms with Crippen LogP contribution in [-0.4, -0.2) is 12.5 Å². The Kier molecular flexibility index (Phi) is 6.65. The molecule has 1 amide bonds. The molecule has 3 rings (SSSR count). The number of aryl methyl sites for hydroxylation is 1. The predicted octanol–water partition coefficient (Wildman–Crippen LogP) is 5.74. The van der Waals surface area contributed by atoms with Gasteiger partial charge in [0.15, 0.2) is 0 Å². The van der Waals surface area contributed by atoms with E-state index >= 15 is 0 Å². The highest BCUT2D eigenvalue weighted by Crippen LogP contribution is 2.30. The average molecular weight is 384 g/mol. The zero-order valence-corrected chi connectivity index (χ0v) is 16.7. The number of carbonyl (C=O) groups is 1. The topological polar surface area (TPSA) is 62.1 Å². The van der Waals surface area contributed by atoms with Crippen LogP contribution in [0.5, 0.6) is 5.75 Å². The Morgan fingerprint density at radius 1 is 1.07 bits per heavy atom. The van der Waals surface area contributed by atoms with Crippen LogP contribution in [0.25, 0.3) is 16.8 Å². The molecule has 0 saturated carbocycles. The monoisotopic (exact) mass is 384 g/mol. The van der Waals surface area contributed by atoms with Crippen LogP contribution in [0.2, 0.25) is 0 Å². The van der Waals surface area contributed by atoms with Gasteiger partial charge in [0.2, 0.25) is 0 Å². The second-order valence-electron chi connectivity index (χ2n) is 6.72. The lowest BCUT2D eigenvalue weighted by Crippen LogP contribution is -2.13. The van der Waals surface area contributed by atoms with Crippen LogP contribution in [0.3, 0.4) is 0 Å². The summed E-state index contributed by atoms with van der Waals surface area (Å²) in [5.41, 5.74) is 2.62. The molecule has 29 heavy (non-hydrogen) atoms. The van der Waals surface area contributed by atoms with E-state index in [-0.39, 0.29) is 5.57 Å². The summed E-state index contributed by atoms with van der Waals surface area (Å²) in [5.74, 6) is 0.226. The van der Waals surface area contributed by atoms with Crippen LogP contribution < -0.4 is 10.1 Å². The number of hydrogen-bond acceptors (Lipinski definition) is 3. The van der Waals surface area contributed by atoms with Gasteiger partial charge in [-0.3, -0.25) is 4.79 Å². The van der Waals surface area contributed by atoms with Gasteiger partial charge in [0, 0.05) is 11.3 Å². The molecule has 0 saturated heterocycles. The summed E-state index contributed by atoms with van der Waals surface area (Å²) in [4.78, 5) is 12.7. The molecule has 3 aromatic rings. The van der Waals surface area contributed by atoms with Gasteiger partial charge in [-0.05, 0) is 53.5 Å². The lowest BCUT2D eigenvalue weighted by Gasteiger charge is -2.12. The summed E-state index contributed by atoms with van der Waals surface area (Å²) in [6.07, 6.45) is 3.41. The number of rotatable bonds is 7. The van der Waals surface area contributed by atoms with Crippen molar-refractivity contribution in [1.82, 2.24) is 0 Å². The summed E-state index contributed by atoms with van der Waals surface area (Å²) in [6, 6.07) is 21.4. The standard InChI is InChI=1S/C25H24N2O2/c1-3-15-29-24-14-11-19-7-5-6-8-22(19)23(24)16-20(17-26)25(28)27-21-12-9-18(4-2)10-13-21/h5-14,16H,3-4,15H2,1-2H3,(H,27,28)/b20-16+. The Labute approximate surface area is 171 Å². The molecule has 0 atom stereocenters. The molecule has 0 unspecified atom stereocenters. The molecule has 0 heterocycles. The Bertz CT molecular complexity index is 1080. The minimum atomic E-state index is -0.439. The van der Waals surface area contributed by atoms with Crippen molar-refractivity contribution < 1.29 is 9.53 Å². The first-order valence-corrected chi connectivity index (χ1v) is 9.83. The maximum Gasteiger partial charge on any atom is 0.266 e. The first-order valence-electron chi connectivity index (χ1n) is 9.83. The van der Waals surface area contributed by atoms with Gasteiger partial charge in [0.05, 0.1) is 6.61 Å². The van der Waals surface area contributed by atoms with E-state index in [1.807, 2.05) is 73.7 Å². The molecule has 0 spiro atoms. The van der Waals surface area contributed by atoms with E-state index in [9.17, 15) is 10.1 Å². The number of fused-ring (bicyclic) bond motifs is 1. The molecule has 0 aromatic heterocycles. The Balaban J connectivity index is 1.97. The molecule has 1 N–H and O–H groups in total. The Morgan fingerprint density at radius 2 is 1.83 bits per heavy atom. The summed E-state index contributed by atoms with van der Waals surface area (Å²) < 4.78 is 5.88.